The van der Waals surface area contributed by atoms with Crippen molar-refractivity contribution in [2.24, 2.45) is 5.92 Å². The molecule has 176 valence electrons. The molecule has 2 aromatic heterocycles. The smallest absolute Gasteiger partial charge is 0.250 e. The summed E-state index contributed by atoms with van der Waals surface area (Å²) in [7, 11) is 1.72. The van der Waals surface area contributed by atoms with Crippen molar-refractivity contribution in [3.8, 4) is 11.7 Å². The number of aromatic nitrogens is 4. The minimum absolute atomic E-state index is 0.117. The summed E-state index contributed by atoms with van der Waals surface area (Å²) in [5.74, 6) is 2.25. The van der Waals surface area contributed by atoms with Gasteiger partial charge in [-0.2, -0.15) is 5.10 Å². The molecule has 2 fully saturated rings. The molecule has 1 aliphatic heterocycles. The van der Waals surface area contributed by atoms with Crippen molar-refractivity contribution in [1.29, 1.82) is 0 Å². The minimum Gasteiger partial charge on any atom is -0.497 e. The predicted molar refractivity (Wildman–Crippen MR) is 127 cm³/mol. The highest BCUT2D eigenvalue weighted by molar-refractivity contribution is 5.53. The van der Waals surface area contributed by atoms with Gasteiger partial charge in [-0.1, -0.05) is 6.07 Å². The molecule has 34 heavy (non-hydrogen) atoms. The molecule has 3 aliphatic carbocycles. The second-order valence-electron chi connectivity index (χ2n) is 10.8. The van der Waals surface area contributed by atoms with Crippen LogP contribution in [0.4, 0.5) is 0 Å². The first-order chi connectivity index (χ1) is 16.5. The first-order valence-corrected chi connectivity index (χ1v) is 12.5. The number of rotatable bonds is 4. The number of hydrogen-bond acceptors (Lipinski definition) is 6. The molecular weight excluding hydrogens is 426 g/mol. The first kappa shape index (κ1) is 20.6. The molecule has 0 spiro atoms. The fourth-order valence-electron chi connectivity index (χ4n) is 7.12. The van der Waals surface area contributed by atoms with Crippen molar-refractivity contribution in [1.82, 2.24) is 24.6 Å². The molecule has 3 aromatic rings. The van der Waals surface area contributed by atoms with Gasteiger partial charge in [0.15, 0.2) is 0 Å². The maximum absolute atomic E-state index is 12.8. The Hall–Kier alpha value is -2.77. The van der Waals surface area contributed by atoms with E-state index in [4.69, 9.17) is 9.84 Å². The number of hydrogen-bond donors (Lipinski definition) is 1. The van der Waals surface area contributed by atoms with Gasteiger partial charge in [0.1, 0.15) is 5.75 Å². The van der Waals surface area contributed by atoms with Gasteiger partial charge < -0.3 is 9.84 Å². The van der Waals surface area contributed by atoms with E-state index in [9.17, 15) is 5.11 Å². The normalized spacial score (nSPS) is 29.8. The molecule has 1 saturated carbocycles. The lowest BCUT2D eigenvalue weighted by Crippen LogP contribution is -2.74. The Morgan fingerprint density at radius 1 is 1.18 bits per heavy atom. The number of benzene rings is 1. The van der Waals surface area contributed by atoms with E-state index in [1.54, 1.807) is 19.5 Å². The Bertz CT molecular complexity index is 1270. The van der Waals surface area contributed by atoms with E-state index in [1.165, 1.54) is 24.0 Å². The van der Waals surface area contributed by atoms with Crippen molar-refractivity contribution in [2.45, 2.75) is 62.5 Å². The molecule has 0 radical (unpaired) electrons. The van der Waals surface area contributed by atoms with Gasteiger partial charge in [0.05, 0.1) is 24.1 Å². The lowest BCUT2D eigenvalue weighted by atomic mass is 9.49. The Kier molecular flexibility index (Phi) is 4.31. The lowest BCUT2D eigenvalue weighted by Gasteiger charge is -2.63. The summed E-state index contributed by atoms with van der Waals surface area (Å²) in [6.07, 6.45) is 9.32. The third-order valence-electron chi connectivity index (χ3n) is 9.03. The quantitative estimate of drug-likeness (QED) is 0.649. The summed E-state index contributed by atoms with van der Waals surface area (Å²) in [5.41, 5.74) is 4.64. The fourth-order valence-corrected chi connectivity index (χ4v) is 7.12. The molecular formula is C27H31N5O2. The SMILES string of the molecule is COc1ccc2c(c1)[C@]13CCN(CC4CC4)[C@H](C2)[C@]1(O)Cc1c(C)nn(-c2ncccn2)c1C3. The number of ether oxygens (including phenoxy) is 1. The van der Waals surface area contributed by atoms with Crippen LogP contribution >= 0.6 is 0 Å². The highest BCUT2D eigenvalue weighted by Crippen LogP contribution is 2.58. The van der Waals surface area contributed by atoms with Crippen LogP contribution in [0.2, 0.25) is 0 Å². The molecule has 0 amide bonds. The second-order valence-corrected chi connectivity index (χ2v) is 10.8. The van der Waals surface area contributed by atoms with Crippen LogP contribution in [0.1, 0.15) is 47.3 Å². The van der Waals surface area contributed by atoms with Crippen LogP contribution in [0.5, 0.6) is 5.75 Å². The molecule has 0 unspecified atom stereocenters. The monoisotopic (exact) mass is 457 g/mol. The molecule has 3 heterocycles. The first-order valence-electron chi connectivity index (χ1n) is 12.5. The van der Waals surface area contributed by atoms with Crippen LogP contribution in [-0.4, -0.2) is 61.6 Å². The fraction of sp³-hybridized carbons (Fsp3) is 0.519. The number of aryl methyl sites for hydroxylation is 1. The van der Waals surface area contributed by atoms with Gasteiger partial charge in [-0.25, -0.2) is 14.6 Å². The largest absolute Gasteiger partial charge is 0.497 e. The van der Waals surface area contributed by atoms with Crippen molar-refractivity contribution in [2.75, 3.05) is 20.2 Å². The molecule has 3 atom stereocenters. The van der Waals surface area contributed by atoms with Gasteiger partial charge >= 0.3 is 0 Å². The highest BCUT2D eigenvalue weighted by atomic mass is 16.5. The Morgan fingerprint density at radius 2 is 2.00 bits per heavy atom. The number of nitrogens with zero attached hydrogens (tertiary/aromatic N) is 5. The number of aliphatic hydroxyl groups is 1. The average molecular weight is 458 g/mol. The van der Waals surface area contributed by atoms with Gasteiger partial charge in [-0.05, 0) is 80.0 Å². The van der Waals surface area contributed by atoms with Crippen LogP contribution < -0.4 is 4.74 Å². The van der Waals surface area contributed by atoms with Gasteiger partial charge in [0.2, 0.25) is 0 Å². The average Bonchev–Trinajstić information content (AvgIpc) is 3.62. The van der Waals surface area contributed by atoms with E-state index < -0.39 is 5.60 Å². The third kappa shape index (κ3) is 2.74. The molecule has 2 bridgehead atoms. The molecule has 7 nitrogen and oxygen atoms in total. The van der Waals surface area contributed by atoms with E-state index in [2.05, 4.69) is 40.0 Å². The minimum atomic E-state index is -0.845. The molecule has 4 aliphatic rings. The second kappa shape index (κ2) is 7.12. The maximum atomic E-state index is 12.8. The van der Waals surface area contributed by atoms with E-state index in [-0.39, 0.29) is 11.5 Å². The van der Waals surface area contributed by atoms with Crippen molar-refractivity contribution in [3.63, 3.8) is 0 Å². The topological polar surface area (TPSA) is 76.3 Å². The van der Waals surface area contributed by atoms with Crippen molar-refractivity contribution in [3.05, 3.63) is 64.7 Å². The number of fused-ring (bicyclic) bond motifs is 2. The summed E-state index contributed by atoms with van der Waals surface area (Å²) in [5, 5.41) is 17.6. The maximum Gasteiger partial charge on any atom is 0.250 e. The molecule has 1 aromatic carbocycles. The zero-order valence-corrected chi connectivity index (χ0v) is 19.9. The lowest BCUT2D eigenvalue weighted by molar-refractivity contribution is -0.152. The van der Waals surface area contributed by atoms with Gasteiger partial charge in [-0.3, -0.25) is 4.90 Å². The number of piperidine rings is 1. The van der Waals surface area contributed by atoms with Crippen LogP contribution in [0.15, 0.2) is 36.7 Å². The molecule has 1 N–H and O–H groups in total. The summed E-state index contributed by atoms with van der Waals surface area (Å²) >= 11 is 0. The van der Waals surface area contributed by atoms with Crippen LogP contribution in [0.3, 0.4) is 0 Å². The Balaban J connectivity index is 1.43. The number of methoxy groups -OCH3 is 1. The Labute approximate surface area is 199 Å². The van der Waals surface area contributed by atoms with Crippen LogP contribution in [0.25, 0.3) is 5.95 Å². The molecule has 7 heteroatoms. The van der Waals surface area contributed by atoms with Crippen molar-refractivity contribution < 1.29 is 9.84 Å². The van der Waals surface area contributed by atoms with E-state index in [0.717, 1.165) is 61.0 Å². The predicted octanol–water partition coefficient (Wildman–Crippen LogP) is 2.79. The van der Waals surface area contributed by atoms with Gasteiger partial charge in [-0.15, -0.1) is 0 Å². The van der Waals surface area contributed by atoms with Crippen LogP contribution in [-0.2, 0) is 24.7 Å². The summed E-state index contributed by atoms with van der Waals surface area (Å²) < 4.78 is 7.56. The highest BCUT2D eigenvalue weighted by Gasteiger charge is 2.65. The van der Waals surface area contributed by atoms with E-state index >= 15 is 0 Å². The van der Waals surface area contributed by atoms with Crippen LogP contribution in [0, 0.1) is 12.8 Å². The zero-order valence-electron chi connectivity index (χ0n) is 19.9. The van der Waals surface area contributed by atoms with Gasteiger partial charge in [0.25, 0.3) is 5.95 Å². The van der Waals surface area contributed by atoms with E-state index in [1.807, 2.05) is 10.7 Å². The zero-order chi connectivity index (χ0) is 23.1. The summed E-state index contributed by atoms with van der Waals surface area (Å²) in [6, 6.07) is 8.42. The third-order valence-corrected chi connectivity index (χ3v) is 9.03. The Morgan fingerprint density at radius 3 is 2.76 bits per heavy atom. The number of likely N-dealkylation sites (tertiary alicyclic amines) is 1. The summed E-state index contributed by atoms with van der Waals surface area (Å²) in [4.78, 5) is 11.6. The van der Waals surface area contributed by atoms with Gasteiger partial charge in [0, 0.05) is 43.2 Å². The molecule has 1 saturated heterocycles. The molecule has 7 rings (SSSR count). The van der Waals surface area contributed by atoms with Crippen molar-refractivity contribution >= 4 is 0 Å². The standard InChI is InChI=1S/C27H31N5O2/c1-17-21-14-27(33)24-12-19-6-7-20(34-2)13-22(19)26(27,8-11-31(24)16-18-4-5-18)15-23(21)32(30-17)25-28-9-3-10-29-25/h3,6-7,9-10,13,18,24,33H,4-5,8,11-12,14-16H2,1-2H3/t24-,26-,27-/m1/s1. The summed E-state index contributed by atoms with van der Waals surface area (Å²) in [6.45, 7) is 4.18. The van der Waals surface area contributed by atoms with E-state index in [0.29, 0.717) is 12.4 Å².